The van der Waals surface area contributed by atoms with Gasteiger partial charge in [-0.15, -0.1) is 0 Å². The number of hydrogen-bond donors (Lipinski definition) is 0. The number of rotatable bonds is 8. The highest BCUT2D eigenvalue weighted by molar-refractivity contribution is 6.03. The summed E-state index contributed by atoms with van der Waals surface area (Å²) in [6.45, 7) is 0.396. The Morgan fingerprint density at radius 2 is 1.55 bits per heavy atom. The van der Waals surface area contributed by atoms with E-state index in [1.807, 2.05) is 60.7 Å². The lowest BCUT2D eigenvalue weighted by molar-refractivity contribution is 0.0949. The highest BCUT2D eigenvalue weighted by Crippen LogP contribution is 2.44. The maximum atomic E-state index is 13.1. The zero-order chi connectivity index (χ0) is 20.2. The first-order chi connectivity index (χ1) is 14.2. The highest BCUT2D eigenvalue weighted by atomic mass is 16.6. The molecule has 3 aromatic carbocycles. The van der Waals surface area contributed by atoms with Crippen molar-refractivity contribution in [2.45, 2.75) is 18.8 Å². The van der Waals surface area contributed by atoms with Crippen LogP contribution in [0.15, 0.2) is 72.8 Å². The summed E-state index contributed by atoms with van der Waals surface area (Å²) in [5.41, 5.74) is 2.41. The summed E-state index contributed by atoms with van der Waals surface area (Å²) in [7, 11) is 3.19. The van der Waals surface area contributed by atoms with Crippen LogP contribution < -0.4 is 14.2 Å². The first-order valence-electron chi connectivity index (χ1n) is 9.38. The molecule has 0 aliphatic carbocycles. The molecule has 0 amide bonds. The number of ether oxygens (including phenoxy) is 4. The van der Waals surface area contributed by atoms with Crippen molar-refractivity contribution in [1.82, 2.24) is 0 Å². The van der Waals surface area contributed by atoms with E-state index in [-0.39, 0.29) is 11.9 Å². The van der Waals surface area contributed by atoms with E-state index in [0.29, 0.717) is 29.4 Å². The summed E-state index contributed by atoms with van der Waals surface area (Å²) in [4.78, 5) is 13.1. The molecule has 5 heteroatoms. The van der Waals surface area contributed by atoms with Crippen molar-refractivity contribution in [2.75, 3.05) is 14.2 Å². The molecule has 1 aliphatic heterocycles. The van der Waals surface area contributed by atoms with Gasteiger partial charge < -0.3 is 18.9 Å². The van der Waals surface area contributed by atoms with E-state index in [2.05, 4.69) is 0 Å². The Morgan fingerprint density at radius 1 is 0.897 bits per heavy atom. The third kappa shape index (κ3) is 4.25. The van der Waals surface area contributed by atoms with Crippen molar-refractivity contribution in [3.05, 3.63) is 89.5 Å². The van der Waals surface area contributed by atoms with E-state index in [1.165, 1.54) is 0 Å². The largest absolute Gasteiger partial charge is 0.497 e. The molecule has 1 fully saturated rings. The number of Topliss-reactive ketones (excluding diaryl/α,β-unsaturated/α-hetero) is 1. The van der Waals surface area contributed by atoms with Crippen molar-refractivity contribution in [2.24, 2.45) is 0 Å². The van der Waals surface area contributed by atoms with Crippen LogP contribution in [0, 0.1) is 0 Å². The van der Waals surface area contributed by atoms with E-state index in [1.54, 1.807) is 26.4 Å². The van der Waals surface area contributed by atoms with Crippen LogP contribution in [0.2, 0.25) is 0 Å². The van der Waals surface area contributed by atoms with Crippen molar-refractivity contribution < 1.29 is 23.7 Å². The fourth-order valence-electron chi connectivity index (χ4n) is 3.24. The number of epoxide rings is 1. The molecule has 0 radical (unpaired) electrons. The van der Waals surface area contributed by atoms with Gasteiger partial charge in [0.05, 0.1) is 19.8 Å². The van der Waals surface area contributed by atoms with Crippen LogP contribution in [0.3, 0.4) is 0 Å². The van der Waals surface area contributed by atoms with E-state index in [9.17, 15) is 4.79 Å². The van der Waals surface area contributed by atoms with Crippen LogP contribution in [0.4, 0.5) is 0 Å². The minimum absolute atomic E-state index is 0.0968. The van der Waals surface area contributed by atoms with Crippen molar-refractivity contribution in [3.63, 3.8) is 0 Å². The number of para-hydroxylation sites is 1. The molecule has 3 aromatic rings. The van der Waals surface area contributed by atoms with Crippen molar-refractivity contribution in [1.29, 1.82) is 0 Å². The predicted octanol–water partition coefficient (Wildman–Crippen LogP) is 4.61. The normalized spacial score (nSPS) is 17.4. The second-order valence-electron chi connectivity index (χ2n) is 6.76. The molecule has 4 rings (SSSR count). The van der Waals surface area contributed by atoms with Crippen LogP contribution in [-0.4, -0.2) is 26.1 Å². The Morgan fingerprint density at radius 3 is 2.24 bits per heavy atom. The summed E-state index contributed by atoms with van der Waals surface area (Å²) in [5.74, 6) is 1.78. The smallest absolute Gasteiger partial charge is 0.198 e. The molecular weight excluding hydrogens is 368 g/mol. The standard InChI is InChI=1S/C24H22O5/c1-26-18-12-17(13-19(14-18)27-2)23-24(29-23)22(25)20-10-6-7-11-21(20)28-15-16-8-4-3-5-9-16/h3-14,23-24H,15H2,1-2H3/t23-,24-/m0/s1. The molecule has 1 heterocycles. The van der Waals surface area contributed by atoms with Crippen LogP contribution in [-0.2, 0) is 11.3 Å². The molecule has 0 spiro atoms. The molecule has 0 bridgehead atoms. The number of hydrogen-bond acceptors (Lipinski definition) is 5. The van der Waals surface area contributed by atoms with Gasteiger partial charge in [-0.05, 0) is 35.4 Å². The second kappa shape index (κ2) is 8.37. The van der Waals surface area contributed by atoms with Gasteiger partial charge >= 0.3 is 0 Å². The predicted molar refractivity (Wildman–Crippen MR) is 109 cm³/mol. The summed E-state index contributed by atoms with van der Waals surface area (Å²) in [5, 5.41) is 0. The zero-order valence-corrected chi connectivity index (χ0v) is 16.3. The molecular formula is C24H22O5. The maximum absolute atomic E-state index is 13.1. The summed E-state index contributed by atoms with van der Waals surface area (Å²) < 4.78 is 22.3. The minimum atomic E-state index is -0.548. The second-order valence-corrected chi connectivity index (χ2v) is 6.76. The Labute approximate surface area is 169 Å². The molecule has 29 heavy (non-hydrogen) atoms. The van der Waals surface area contributed by atoms with Gasteiger partial charge in [-0.3, -0.25) is 4.79 Å². The Kier molecular flexibility index (Phi) is 5.49. The molecule has 5 nitrogen and oxygen atoms in total. The Hall–Kier alpha value is -3.31. The van der Waals surface area contributed by atoms with Gasteiger partial charge in [0.2, 0.25) is 0 Å². The fourth-order valence-corrected chi connectivity index (χ4v) is 3.24. The van der Waals surface area contributed by atoms with Gasteiger partial charge in [0.25, 0.3) is 0 Å². The molecule has 148 valence electrons. The summed E-state index contributed by atoms with van der Waals surface area (Å²) in [6.07, 6.45) is -0.873. The van der Waals surface area contributed by atoms with Crippen LogP contribution >= 0.6 is 0 Å². The third-order valence-corrected chi connectivity index (χ3v) is 4.84. The molecule has 1 aliphatic rings. The van der Waals surface area contributed by atoms with Crippen LogP contribution in [0.1, 0.15) is 27.6 Å². The lowest BCUT2D eigenvalue weighted by Crippen LogP contribution is -2.11. The average Bonchev–Trinajstić information content (AvgIpc) is 3.59. The molecule has 0 N–H and O–H groups in total. The van der Waals surface area contributed by atoms with Gasteiger partial charge in [-0.2, -0.15) is 0 Å². The number of ketones is 1. The number of benzene rings is 3. The quantitative estimate of drug-likeness (QED) is 0.415. The first kappa shape index (κ1) is 19.0. The first-order valence-corrected chi connectivity index (χ1v) is 9.38. The average molecular weight is 390 g/mol. The molecule has 0 unspecified atom stereocenters. The van der Waals surface area contributed by atoms with Gasteiger partial charge in [-0.25, -0.2) is 0 Å². The van der Waals surface area contributed by atoms with Crippen LogP contribution in [0.25, 0.3) is 0 Å². The number of methoxy groups -OCH3 is 2. The molecule has 0 saturated carbocycles. The Bertz CT molecular complexity index is 977. The van der Waals surface area contributed by atoms with E-state index in [0.717, 1.165) is 11.1 Å². The molecule has 2 atom stereocenters. The fraction of sp³-hybridized carbons (Fsp3) is 0.208. The van der Waals surface area contributed by atoms with E-state index in [4.69, 9.17) is 18.9 Å². The monoisotopic (exact) mass is 390 g/mol. The van der Waals surface area contributed by atoms with Crippen molar-refractivity contribution in [3.8, 4) is 17.2 Å². The number of carbonyl (C=O) groups is 1. The zero-order valence-electron chi connectivity index (χ0n) is 16.3. The highest BCUT2D eigenvalue weighted by Gasteiger charge is 2.47. The van der Waals surface area contributed by atoms with Crippen molar-refractivity contribution >= 4 is 5.78 Å². The van der Waals surface area contributed by atoms with Gasteiger partial charge in [-0.1, -0.05) is 42.5 Å². The maximum Gasteiger partial charge on any atom is 0.198 e. The van der Waals surface area contributed by atoms with Gasteiger partial charge in [0.1, 0.15) is 30.0 Å². The van der Waals surface area contributed by atoms with E-state index < -0.39 is 6.10 Å². The molecule has 0 aromatic heterocycles. The van der Waals surface area contributed by atoms with Crippen LogP contribution in [0.5, 0.6) is 17.2 Å². The third-order valence-electron chi connectivity index (χ3n) is 4.84. The SMILES string of the molecule is COc1cc(OC)cc([C@@H]2O[C@H]2C(=O)c2ccccc2OCc2ccccc2)c1. The Balaban J connectivity index is 1.50. The van der Waals surface area contributed by atoms with E-state index >= 15 is 0 Å². The minimum Gasteiger partial charge on any atom is -0.497 e. The lowest BCUT2D eigenvalue weighted by atomic mass is 10.0. The summed E-state index contributed by atoms with van der Waals surface area (Å²) in [6, 6.07) is 22.6. The molecule has 1 saturated heterocycles. The lowest BCUT2D eigenvalue weighted by Gasteiger charge is -2.10. The van der Waals surface area contributed by atoms with Gasteiger partial charge in [0.15, 0.2) is 11.9 Å². The summed E-state index contributed by atoms with van der Waals surface area (Å²) >= 11 is 0. The van der Waals surface area contributed by atoms with Gasteiger partial charge in [0, 0.05) is 6.07 Å². The number of carbonyl (C=O) groups excluding carboxylic acids is 1. The topological polar surface area (TPSA) is 57.3 Å².